The molecule has 1 atom stereocenters. The van der Waals surface area contributed by atoms with Crippen molar-refractivity contribution in [2.45, 2.75) is 52.3 Å². The van der Waals surface area contributed by atoms with Crippen LogP contribution < -0.4 is 0 Å². The summed E-state index contributed by atoms with van der Waals surface area (Å²) in [6.07, 6.45) is 0.947. The van der Waals surface area contributed by atoms with Crippen molar-refractivity contribution in [2.75, 3.05) is 39.8 Å². The van der Waals surface area contributed by atoms with Crippen molar-refractivity contribution >= 4 is 6.09 Å². The molecule has 1 heterocycles. The van der Waals surface area contributed by atoms with Crippen LogP contribution in [-0.4, -0.2) is 72.2 Å². The molecule has 0 aliphatic carbocycles. The summed E-state index contributed by atoms with van der Waals surface area (Å²) in [6, 6.07) is 11.1. The van der Waals surface area contributed by atoms with E-state index in [2.05, 4.69) is 54.1 Å². The van der Waals surface area contributed by atoms with Crippen LogP contribution in [0.5, 0.6) is 0 Å². The van der Waals surface area contributed by atoms with E-state index in [0.717, 1.165) is 45.7 Å². The Balaban J connectivity index is 1.69. The molecular formula is C21H35N3O2. The number of ether oxygens (including phenoxy) is 1. The number of hydrogen-bond donors (Lipinski definition) is 0. The average molecular weight is 362 g/mol. The largest absolute Gasteiger partial charge is 0.444 e. The number of hydrogen-bond acceptors (Lipinski definition) is 4. The molecule has 1 amide bonds. The summed E-state index contributed by atoms with van der Waals surface area (Å²) in [6.45, 7) is 13.4. The van der Waals surface area contributed by atoms with Gasteiger partial charge in [-0.1, -0.05) is 30.3 Å². The van der Waals surface area contributed by atoms with Gasteiger partial charge in [0.2, 0.25) is 0 Å². The molecule has 26 heavy (non-hydrogen) atoms. The lowest BCUT2D eigenvalue weighted by Gasteiger charge is -2.38. The standard InChI is InChI=1S/C21H35N3O2/c1-18(11-12-22(5)17-19-9-7-6-8-10-19)23-13-15-24(16-14-23)20(25)26-21(2,3)4/h6-10,18H,11-17H2,1-5H3. The van der Waals surface area contributed by atoms with Gasteiger partial charge in [-0.05, 0) is 53.3 Å². The van der Waals surface area contributed by atoms with Gasteiger partial charge in [-0.2, -0.15) is 0 Å². The second-order valence-corrected chi connectivity index (χ2v) is 8.36. The molecule has 0 saturated carbocycles. The van der Waals surface area contributed by atoms with Crippen molar-refractivity contribution in [3.8, 4) is 0 Å². The Bertz CT molecular complexity index is 548. The second kappa shape index (κ2) is 9.38. The Morgan fingerprint density at radius 3 is 2.35 bits per heavy atom. The van der Waals surface area contributed by atoms with E-state index in [-0.39, 0.29) is 6.09 Å². The van der Waals surface area contributed by atoms with Crippen LogP contribution in [0.3, 0.4) is 0 Å². The molecule has 0 bridgehead atoms. The van der Waals surface area contributed by atoms with E-state index >= 15 is 0 Å². The van der Waals surface area contributed by atoms with E-state index in [1.54, 1.807) is 0 Å². The summed E-state index contributed by atoms with van der Waals surface area (Å²) in [4.78, 5) is 18.8. The number of nitrogens with zero attached hydrogens (tertiary/aromatic N) is 3. The summed E-state index contributed by atoms with van der Waals surface area (Å²) in [7, 11) is 2.18. The third-order valence-electron chi connectivity index (χ3n) is 4.81. The smallest absolute Gasteiger partial charge is 0.410 e. The van der Waals surface area contributed by atoms with Gasteiger partial charge in [0.25, 0.3) is 0 Å². The van der Waals surface area contributed by atoms with Gasteiger partial charge in [-0.25, -0.2) is 4.79 Å². The maximum atomic E-state index is 12.2. The topological polar surface area (TPSA) is 36.0 Å². The zero-order valence-corrected chi connectivity index (χ0v) is 17.1. The van der Waals surface area contributed by atoms with Crippen molar-refractivity contribution in [3.63, 3.8) is 0 Å². The highest BCUT2D eigenvalue weighted by molar-refractivity contribution is 5.68. The van der Waals surface area contributed by atoms with Crippen molar-refractivity contribution in [1.82, 2.24) is 14.7 Å². The van der Waals surface area contributed by atoms with Crippen LogP contribution in [0.2, 0.25) is 0 Å². The van der Waals surface area contributed by atoms with Crippen LogP contribution in [0.1, 0.15) is 39.7 Å². The van der Waals surface area contributed by atoms with E-state index in [1.807, 2.05) is 25.7 Å². The van der Waals surface area contributed by atoms with Gasteiger partial charge in [0.15, 0.2) is 0 Å². The van der Waals surface area contributed by atoms with E-state index in [0.29, 0.717) is 6.04 Å². The highest BCUT2D eigenvalue weighted by atomic mass is 16.6. The predicted molar refractivity (Wildman–Crippen MR) is 106 cm³/mol. The zero-order valence-electron chi connectivity index (χ0n) is 17.1. The van der Waals surface area contributed by atoms with Crippen LogP contribution in [-0.2, 0) is 11.3 Å². The minimum Gasteiger partial charge on any atom is -0.444 e. The average Bonchev–Trinajstić information content (AvgIpc) is 2.59. The summed E-state index contributed by atoms with van der Waals surface area (Å²) < 4.78 is 5.47. The van der Waals surface area contributed by atoms with Crippen LogP contribution in [0.25, 0.3) is 0 Å². The summed E-state index contributed by atoms with van der Waals surface area (Å²) >= 11 is 0. The third kappa shape index (κ3) is 6.96. The van der Waals surface area contributed by atoms with Crippen molar-refractivity contribution < 1.29 is 9.53 Å². The molecule has 5 heteroatoms. The SMILES string of the molecule is CC(CCN(C)Cc1ccccc1)N1CCN(C(=O)OC(C)(C)C)CC1. The number of rotatable bonds is 6. The van der Waals surface area contributed by atoms with Crippen LogP contribution in [0.4, 0.5) is 4.79 Å². The van der Waals surface area contributed by atoms with Crippen molar-refractivity contribution in [2.24, 2.45) is 0 Å². The molecule has 1 aliphatic rings. The molecule has 0 spiro atoms. The Kier molecular flexibility index (Phi) is 7.47. The third-order valence-corrected chi connectivity index (χ3v) is 4.81. The first-order valence-electron chi connectivity index (χ1n) is 9.69. The Morgan fingerprint density at radius 1 is 1.15 bits per heavy atom. The maximum Gasteiger partial charge on any atom is 0.410 e. The summed E-state index contributed by atoms with van der Waals surface area (Å²) in [5.41, 5.74) is 0.929. The molecule has 0 N–H and O–H groups in total. The first kappa shape index (κ1) is 20.7. The highest BCUT2D eigenvalue weighted by Gasteiger charge is 2.27. The Labute approximate surface area is 158 Å². The van der Waals surface area contributed by atoms with Crippen molar-refractivity contribution in [3.05, 3.63) is 35.9 Å². The Hall–Kier alpha value is -1.59. The number of carbonyl (C=O) groups is 1. The van der Waals surface area contributed by atoms with Gasteiger partial charge in [-0.15, -0.1) is 0 Å². The molecule has 0 radical (unpaired) electrons. The maximum absolute atomic E-state index is 12.2. The molecule has 1 fully saturated rings. The normalized spacial score (nSPS) is 17.4. The lowest BCUT2D eigenvalue weighted by atomic mass is 10.1. The van der Waals surface area contributed by atoms with E-state index in [9.17, 15) is 4.79 Å². The minimum atomic E-state index is -0.426. The molecule has 1 saturated heterocycles. The quantitative estimate of drug-likeness (QED) is 0.777. The van der Waals surface area contributed by atoms with Gasteiger partial charge in [-0.3, -0.25) is 4.90 Å². The van der Waals surface area contributed by atoms with Gasteiger partial charge < -0.3 is 14.5 Å². The number of carbonyl (C=O) groups excluding carboxylic acids is 1. The molecule has 146 valence electrons. The van der Waals surface area contributed by atoms with Gasteiger partial charge in [0, 0.05) is 38.8 Å². The number of amides is 1. The lowest BCUT2D eigenvalue weighted by molar-refractivity contribution is 0.0104. The van der Waals surface area contributed by atoms with E-state index in [4.69, 9.17) is 4.74 Å². The summed E-state index contributed by atoms with van der Waals surface area (Å²) in [5, 5.41) is 0. The Morgan fingerprint density at radius 2 is 1.77 bits per heavy atom. The highest BCUT2D eigenvalue weighted by Crippen LogP contribution is 2.14. The molecule has 5 nitrogen and oxygen atoms in total. The van der Waals surface area contributed by atoms with Gasteiger partial charge >= 0.3 is 6.09 Å². The molecule has 1 aromatic carbocycles. The van der Waals surface area contributed by atoms with Crippen LogP contribution in [0.15, 0.2) is 30.3 Å². The predicted octanol–water partition coefficient (Wildman–Crippen LogP) is 3.45. The molecule has 0 aromatic heterocycles. The number of piperazine rings is 1. The lowest BCUT2D eigenvalue weighted by Crippen LogP contribution is -2.52. The first-order valence-corrected chi connectivity index (χ1v) is 9.69. The zero-order chi connectivity index (χ0) is 19.2. The van der Waals surface area contributed by atoms with Crippen LogP contribution in [0, 0.1) is 0 Å². The molecule has 1 aliphatic heterocycles. The van der Waals surface area contributed by atoms with Gasteiger partial charge in [0.05, 0.1) is 0 Å². The molecular weight excluding hydrogens is 326 g/mol. The fourth-order valence-electron chi connectivity index (χ4n) is 3.24. The van der Waals surface area contributed by atoms with E-state index in [1.165, 1.54) is 5.56 Å². The molecule has 2 rings (SSSR count). The fourth-order valence-corrected chi connectivity index (χ4v) is 3.24. The first-order chi connectivity index (χ1) is 12.2. The van der Waals surface area contributed by atoms with E-state index < -0.39 is 5.60 Å². The minimum absolute atomic E-state index is 0.188. The summed E-state index contributed by atoms with van der Waals surface area (Å²) in [5.74, 6) is 0. The van der Waals surface area contributed by atoms with Crippen molar-refractivity contribution in [1.29, 1.82) is 0 Å². The second-order valence-electron chi connectivity index (χ2n) is 8.36. The molecule has 1 aromatic rings. The monoisotopic (exact) mass is 361 g/mol. The fraction of sp³-hybridized carbons (Fsp3) is 0.667. The van der Waals surface area contributed by atoms with Gasteiger partial charge in [0.1, 0.15) is 5.60 Å². The number of benzene rings is 1. The molecule has 1 unspecified atom stereocenters. The van der Waals surface area contributed by atoms with Crippen LogP contribution >= 0.6 is 0 Å².